The van der Waals surface area contributed by atoms with Crippen molar-refractivity contribution in [2.75, 3.05) is 19.8 Å². The lowest BCUT2D eigenvalue weighted by Gasteiger charge is -2.55. The summed E-state index contributed by atoms with van der Waals surface area (Å²) in [4.78, 5) is 15.8. The van der Waals surface area contributed by atoms with Crippen LogP contribution in [-0.4, -0.2) is 46.9 Å². The molecular weight excluding hydrogens is 482 g/mol. The van der Waals surface area contributed by atoms with Gasteiger partial charge in [0.25, 0.3) is 0 Å². The highest BCUT2D eigenvalue weighted by Gasteiger charge is 2.83. The van der Waals surface area contributed by atoms with E-state index in [2.05, 4.69) is 18.7 Å². The highest BCUT2D eigenvalue weighted by molar-refractivity contribution is 5.76. The van der Waals surface area contributed by atoms with Crippen molar-refractivity contribution in [3.05, 3.63) is 47.5 Å². The van der Waals surface area contributed by atoms with Gasteiger partial charge in [0.15, 0.2) is 23.0 Å². The number of hydrogen-bond donors (Lipinski definition) is 2. The summed E-state index contributed by atoms with van der Waals surface area (Å²) in [5.41, 5.74) is 1.42. The molecule has 4 aliphatic rings. The van der Waals surface area contributed by atoms with E-state index in [0.717, 1.165) is 30.4 Å². The van der Waals surface area contributed by atoms with Gasteiger partial charge in [-0.1, -0.05) is 26.0 Å². The monoisotopic (exact) mass is 521 g/mol. The number of hydrogen-bond acceptors (Lipinski definition) is 6. The van der Waals surface area contributed by atoms with Crippen molar-refractivity contribution in [2.24, 2.45) is 22.2 Å². The van der Waals surface area contributed by atoms with Gasteiger partial charge in [-0.3, -0.25) is 4.79 Å². The molecule has 1 amide bonds. The second-order valence-electron chi connectivity index (χ2n) is 12.2. The number of carbonyl (C=O) groups is 1. The topological polar surface area (TPSA) is 88.5 Å². The van der Waals surface area contributed by atoms with E-state index < -0.39 is 0 Å². The first-order valence-corrected chi connectivity index (χ1v) is 13.9. The van der Waals surface area contributed by atoms with Crippen molar-refractivity contribution in [3.63, 3.8) is 0 Å². The van der Waals surface area contributed by atoms with Crippen LogP contribution in [0.4, 0.5) is 0 Å². The molecule has 2 heterocycles. The number of rotatable bonds is 6. The molecule has 6 rings (SSSR count). The molecule has 4 fully saturated rings. The Labute approximate surface area is 224 Å². The molecule has 2 saturated heterocycles. The zero-order chi connectivity index (χ0) is 27.0. The predicted octanol–water partition coefficient (Wildman–Crippen LogP) is 5.75. The molecule has 2 saturated carbocycles. The smallest absolute Gasteiger partial charge is 0.220 e. The van der Waals surface area contributed by atoms with E-state index in [1.54, 1.807) is 19.1 Å². The molecule has 2 aliphatic heterocycles. The van der Waals surface area contributed by atoms with Crippen LogP contribution < -0.4 is 9.47 Å². The van der Waals surface area contributed by atoms with Gasteiger partial charge < -0.3 is 29.3 Å². The molecule has 7 heteroatoms. The van der Waals surface area contributed by atoms with Gasteiger partial charge in [0.2, 0.25) is 5.91 Å². The number of amides is 1. The molecule has 2 aliphatic carbocycles. The molecule has 2 aromatic rings. The second-order valence-corrected chi connectivity index (χ2v) is 12.2. The molecule has 38 heavy (non-hydrogen) atoms. The average Bonchev–Trinajstić information content (AvgIpc) is 3.41. The summed E-state index contributed by atoms with van der Waals surface area (Å²) >= 11 is 0. The zero-order valence-corrected chi connectivity index (χ0v) is 23.0. The molecule has 0 radical (unpaired) electrons. The third-order valence-corrected chi connectivity index (χ3v) is 10.3. The number of carbonyl (C=O) groups excluding carboxylic acids is 1. The van der Waals surface area contributed by atoms with Crippen LogP contribution in [0.2, 0.25) is 0 Å². The molecule has 2 N–H and O–H groups in total. The standard InChI is InChI=1S/C31H39NO6/c1-6-36-24-14-19(8-10-22(24)34)26-31-17-21-16-30(31,28(29(21,4)5)32(26)18(3)33)12-13-38-27(31)20-9-11-23(35)25(15-20)37-7-2/h8-11,14-15,21,26-28,34-35H,6-7,12-13,16-17H2,1-5H3/t21-,26+,27-,28+,30-,31+/m0/s1. The van der Waals surface area contributed by atoms with Crippen molar-refractivity contribution < 1.29 is 29.2 Å². The molecule has 204 valence electrons. The van der Waals surface area contributed by atoms with Gasteiger partial charge >= 0.3 is 0 Å². The Morgan fingerprint density at radius 2 is 1.61 bits per heavy atom. The lowest BCUT2D eigenvalue weighted by molar-refractivity contribution is -0.164. The third kappa shape index (κ3) is 3.08. The van der Waals surface area contributed by atoms with E-state index in [1.807, 2.05) is 38.1 Å². The maximum absolute atomic E-state index is 13.6. The fourth-order valence-corrected chi connectivity index (χ4v) is 9.19. The minimum Gasteiger partial charge on any atom is -0.504 e. The molecule has 2 aromatic carbocycles. The highest BCUT2D eigenvalue weighted by Crippen LogP contribution is 2.85. The Morgan fingerprint density at radius 3 is 2.21 bits per heavy atom. The fourth-order valence-electron chi connectivity index (χ4n) is 9.19. The number of fused-ring (bicyclic) bond motifs is 1. The minimum absolute atomic E-state index is 0.0308. The second kappa shape index (κ2) is 8.54. The number of phenols is 2. The normalized spacial score (nSPS) is 34.3. The van der Waals surface area contributed by atoms with Gasteiger partial charge in [-0.05, 0) is 79.8 Å². The summed E-state index contributed by atoms with van der Waals surface area (Å²) in [5.74, 6) is 1.61. The van der Waals surface area contributed by atoms with Gasteiger partial charge in [0.1, 0.15) is 0 Å². The van der Waals surface area contributed by atoms with Crippen LogP contribution in [0.5, 0.6) is 23.0 Å². The quantitative estimate of drug-likeness (QED) is 0.503. The van der Waals surface area contributed by atoms with Crippen LogP contribution in [0.15, 0.2) is 36.4 Å². The van der Waals surface area contributed by atoms with E-state index in [1.165, 1.54) is 0 Å². The van der Waals surface area contributed by atoms with E-state index in [-0.39, 0.29) is 51.8 Å². The Morgan fingerprint density at radius 1 is 1.00 bits per heavy atom. The number of likely N-dealkylation sites (tertiary alicyclic amines) is 1. The van der Waals surface area contributed by atoms with Gasteiger partial charge in [-0.25, -0.2) is 0 Å². The molecule has 0 aromatic heterocycles. The van der Waals surface area contributed by atoms with E-state index in [0.29, 0.717) is 37.2 Å². The summed E-state index contributed by atoms with van der Waals surface area (Å²) < 4.78 is 18.3. The van der Waals surface area contributed by atoms with Gasteiger partial charge in [0.05, 0.1) is 25.4 Å². The first-order chi connectivity index (χ1) is 18.1. The van der Waals surface area contributed by atoms with Crippen LogP contribution in [-0.2, 0) is 9.53 Å². The Hall–Kier alpha value is -2.93. The number of nitrogens with zero attached hydrogens (tertiary/aromatic N) is 1. The number of benzene rings is 2. The van der Waals surface area contributed by atoms with Crippen molar-refractivity contribution in [3.8, 4) is 23.0 Å². The Balaban J connectivity index is 1.60. The third-order valence-electron chi connectivity index (χ3n) is 10.3. The molecule has 7 nitrogen and oxygen atoms in total. The maximum Gasteiger partial charge on any atom is 0.220 e. The summed E-state index contributed by atoms with van der Waals surface area (Å²) in [5, 5.41) is 21.0. The predicted molar refractivity (Wildman–Crippen MR) is 142 cm³/mol. The highest BCUT2D eigenvalue weighted by atomic mass is 16.5. The van der Waals surface area contributed by atoms with Gasteiger partial charge in [0, 0.05) is 30.4 Å². The van der Waals surface area contributed by atoms with E-state index in [9.17, 15) is 15.0 Å². The SMILES string of the molecule is CCOc1cc([C@@H]2OCC[C@@]34C[C@H]5C[C@@]23[C@@H](c2ccc(O)c(OCC)c2)N(C(C)=O)[C@@H]4C5(C)C)ccc1O. The first kappa shape index (κ1) is 25.4. The summed E-state index contributed by atoms with van der Waals surface area (Å²) in [6, 6.07) is 10.9. The maximum atomic E-state index is 13.6. The van der Waals surface area contributed by atoms with Crippen molar-refractivity contribution in [2.45, 2.75) is 72.1 Å². The molecule has 0 unspecified atom stereocenters. The van der Waals surface area contributed by atoms with Crippen molar-refractivity contribution >= 4 is 5.91 Å². The van der Waals surface area contributed by atoms with Crippen LogP contribution in [0.25, 0.3) is 0 Å². The first-order valence-electron chi connectivity index (χ1n) is 13.9. The van der Waals surface area contributed by atoms with Crippen LogP contribution >= 0.6 is 0 Å². The Bertz CT molecular complexity index is 1280. The molecule has 2 bridgehead atoms. The van der Waals surface area contributed by atoms with Gasteiger partial charge in [-0.15, -0.1) is 0 Å². The zero-order valence-electron chi connectivity index (χ0n) is 23.0. The lowest BCUT2D eigenvalue weighted by Crippen LogP contribution is -2.55. The average molecular weight is 522 g/mol. The van der Waals surface area contributed by atoms with E-state index >= 15 is 0 Å². The summed E-state index contributed by atoms with van der Waals surface area (Å²) in [6.45, 7) is 11.7. The van der Waals surface area contributed by atoms with E-state index in [4.69, 9.17) is 14.2 Å². The molecular formula is C31H39NO6. The Kier molecular flexibility index (Phi) is 5.69. The van der Waals surface area contributed by atoms with Crippen molar-refractivity contribution in [1.82, 2.24) is 4.90 Å². The fraction of sp³-hybridized carbons (Fsp3) is 0.581. The summed E-state index contributed by atoms with van der Waals surface area (Å²) in [7, 11) is 0. The number of aromatic hydroxyl groups is 2. The van der Waals surface area contributed by atoms with Crippen LogP contribution in [0.3, 0.4) is 0 Å². The minimum atomic E-state index is -0.372. The largest absolute Gasteiger partial charge is 0.504 e. The van der Waals surface area contributed by atoms with Gasteiger partial charge in [-0.2, -0.15) is 0 Å². The van der Waals surface area contributed by atoms with Crippen LogP contribution in [0, 0.1) is 22.2 Å². The number of ether oxygens (including phenoxy) is 3. The summed E-state index contributed by atoms with van der Waals surface area (Å²) in [6.07, 6.45) is 2.63. The van der Waals surface area contributed by atoms with Crippen LogP contribution in [0.1, 0.15) is 77.2 Å². The van der Waals surface area contributed by atoms with Crippen molar-refractivity contribution in [1.29, 1.82) is 0 Å². The molecule has 6 atom stereocenters. The molecule has 1 spiro atoms. The lowest BCUT2D eigenvalue weighted by atomic mass is 9.51. The number of phenolic OH excluding ortho intramolecular Hbond substituents is 2.